The Hall–Kier alpha value is -1.23. The molecule has 1 heterocycles. The Balaban J connectivity index is 2.27. The van der Waals surface area contributed by atoms with Gasteiger partial charge in [0.1, 0.15) is 5.60 Å². The van der Waals surface area contributed by atoms with Crippen LogP contribution in [0.25, 0.3) is 0 Å². The van der Waals surface area contributed by atoms with Crippen molar-refractivity contribution in [2.75, 3.05) is 7.11 Å². The largest absolute Gasteiger partial charge is 0.370 e. The Morgan fingerprint density at radius 3 is 2.67 bits per heavy atom. The van der Waals surface area contributed by atoms with Crippen LogP contribution in [0.1, 0.15) is 48.6 Å². The maximum atomic E-state index is 10.5. The zero-order valence-corrected chi connectivity index (χ0v) is 8.73. The Kier molecular flexibility index (Phi) is 2.81. The summed E-state index contributed by atoms with van der Waals surface area (Å²) in [6.07, 6.45) is 5.74. The van der Waals surface area contributed by atoms with Gasteiger partial charge in [-0.25, -0.2) is 0 Å². The number of nitrogens with zero attached hydrogens (tertiary/aromatic N) is 2. The van der Waals surface area contributed by atoms with E-state index in [1.165, 1.54) is 6.42 Å². The van der Waals surface area contributed by atoms with Gasteiger partial charge in [-0.1, -0.05) is 24.4 Å². The van der Waals surface area contributed by atoms with Gasteiger partial charge in [-0.15, -0.1) is 0 Å². The lowest BCUT2D eigenvalue weighted by Crippen LogP contribution is -2.32. The molecule has 2 rings (SSSR count). The van der Waals surface area contributed by atoms with E-state index in [1.807, 2.05) is 0 Å². The molecule has 1 aromatic rings. The van der Waals surface area contributed by atoms with Crippen LogP contribution in [0.15, 0.2) is 4.52 Å². The first kappa shape index (κ1) is 10.3. The first-order chi connectivity index (χ1) is 7.30. The van der Waals surface area contributed by atoms with E-state index in [-0.39, 0.29) is 5.89 Å². The van der Waals surface area contributed by atoms with Gasteiger partial charge in [0.05, 0.1) is 0 Å². The summed E-state index contributed by atoms with van der Waals surface area (Å²) in [4.78, 5) is 14.5. The van der Waals surface area contributed by atoms with Crippen molar-refractivity contribution in [1.29, 1.82) is 0 Å². The van der Waals surface area contributed by atoms with Crippen molar-refractivity contribution in [2.45, 2.75) is 37.7 Å². The van der Waals surface area contributed by atoms with Crippen molar-refractivity contribution in [3.05, 3.63) is 11.7 Å². The molecule has 0 saturated heterocycles. The molecule has 1 aliphatic carbocycles. The van der Waals surface area contributed by atoms with E-state index in [0.717, 1.165) is 25.7 Å². The van der Waals surface area contributed by atoms with E-state index in [9.17, 15) is 4.79 Å². The zero-order valence-electron chi connectivity index (χ0n) is 8.73. The lowest BCUT2D eigenvalue weighted by atomic mass is 9.84. The van der Waals surface area contributed by atoms with Crippen molar-refractivity contribution < 1.29 is 14.1 Å². The number of carbonyl (C=O) groups is 1. The molecule has 1 aliphatic rings. The van der Waals surface area contributed by atoms with E-state index in [2.05, 4.69) is 10.1 Å². The highest BCUT2D eigenvalue weighted by Gasteiger charge is 2.38. The Labute approximate surface area is 87.8 Å². The van der Waals surface area contributed by atoms with Crippen molar-refractivity contribution in [3.63, 3.8) is 0 Å². The van der Waals surface area contributed by atoms with Crippen LogP contribution in [-0.4, -0.2) is 23.5 Å². The number of rotatable bonds is 3. The fraction of sp³-hybridized carbons (Fsp3) is 0.700. The average Bonchev–Trinajstić information content (AvgIpc) is 2.79. The average molecular weight is 210 g/mol. The molecule has 0 atom stereocenters. The van der Waals surface area contributed by atoms with Crippen molar-refractivity contribution >= 4 is 6.29 Å². The molecule has 0 N–H and O–H groups in total. The van der Waals surface area contributed by atoms with Crippen LogP contribution >= 0.6 is 0 Å². The van der Waals surface area contributed by atoms with Gasteiger partial charge in [0.25, 0.3) is 5.89 Å². The van der Waals surface area contributed by atoms with E-state index in [0.29, 0.717) is 12.1 Å². The molecule has 82 valence electrons. The molecular weight excluding hydrogens is 196 g/mol. The maximum absolute atomic E-state index is 10.5. The van der Waals surface area contributed by atoms with Gasteiger partial charge < -0.3 is 9.26 Å². The predicted molar refractivity (Wildman–Crippen MR) is 51.5 cm³/mol. The number of aromatic nitrogens is 2. The molecule has 5 nitrogen and oxygen atoms in total. The van der Waals surface area contributed by atoms with E-state index in [1.54, 1.807) is 7.11 Å². The highest BCUT2D eigenvalue weighted by molar-refractivity contribution is 5.67. The standard InChI is InChI=1S/C10H14N2O3/c1-14-10(5-3-2-4-6-10)9-11-8(7-13)15-12-9/h7H,2-6H2,1H3. The molecule has 0 unspecified atom stereocenters. The molecule has 5 heteroatoms. The molecule has 1 aromatic heterocycles. The first-order valence-corrected chi connectivity index (χ1v) is 5.15. The van der Waals surface area contributed by atoms with Gasteiger partial charge in [0.15, 0.2) is 0 Å². The second kappa shape index (κ2) is 4.10. The second-order valence-corrected chi connectivity index (χ2v) is 3.83. The topological polar surface area (TPSA) is 65.2 Å². The smallest absolute Gasteiger partial charge is 0.290 e. The van der Waals surface area contributed by atoms with Gasteiger partial charge in [-0.05, 0) is 12.8 Å². The summed E-state index contributed by atoms with van der Waals surface area (Å²) in [5, 5.41) is 3.81. The van der Waals surface area contributed by atoms with Gasteiger partial charge >= 0.3 is 0 Å². The number of carbonyl (C=O) groups excluding carboxylic acids is 1. The molecule has 1 fully saturated rings. The Morgan fingerprint density at radius 2 is 2.13 bits per heavy atom. The van der Waals surface area contributed by atoms with Crippen LogP contribution in [0, 0.1) is 0 Å². The molecule has 0 bridgehead atoms. The van der Waals surface area contributed by atoms with Crippen LogP contribution in [0.3, 0.4) is 0 Å². The highest BCUT2D eigenvalue weighted by Crippen LogP contribution is 2.38. The summed E-state index contributed by atoms with van der Waals surface area (Å²) >= 11 is 0. The van der Waals surface area contributed by atoms with E-state index in [4.69, 9.17) is 9.26 Å². The number of hydrogen-bond donors (Lipinski definition) is 0. The summed E-state index contributed by atoms with van der Waals surface area (Å²) in [7, 11) is 1.66. The second-order valence-electron chi connectivity index (χ2n) is 3.83. The monoisotopic (exact) mass is 210 g/mol. The van der Waals surface area contributed by atoms with Gasteiger partial charge in [0, 0.05) is 7.11 Å². The third-order valence-corrected chi connectivity index (χ3v) is 3.00. The van der Waals surface area contributed by atoms with Crippen LogP contribution in [-0.2, 0) is 10.3 Å². The molecular formula is C10H14N2O3. The SMILES string of the molecule is COC1(c2noc(C=O)n2)CCCCC1. The number of aldehydes is 1. The summed E-state index contributed by atoms with van der Waals surface area (Å²) in [6, 6.07) is 0. The van der Waals surface area contributed by atoms with Crippen LogP contribution < -0.4 is 0 Å². The fourth-order valence-electron chi connectivity index (χ4n) is 2.11. The van der Waals surface area contributed by atoms with Crippen molar-refractivity contribution in [2.24, 2.45) is 0 Å². The lowest BCUT2D eigenvalue weighted by Gasteiger charge is -2.32. The summed E-state index contributed by atoms with van der Waals surface area (Å²) in [6.45, 7) is 0. The molecule has 0 aromatic carbocycles. The number of ether oxygens (including phenoxy) is 1. The normalized spacial score (nSPS) is 20.1. The lowest BCUT2D eigenvalue weighted by molar-refractivity contribution is -0.0527. The van der Waals surface area contributed by atoms with Crippen LogP contribution in [0.4, 0.5) is 0 Å². The van der Waals surface area contributed by atoms with Gasteiger partial charge in [0.2, 0.25) is 12.1 Å². The van der Waals surface area contributed by atoms with E-state index >= 15 is 0 Å². The molecule has 0 aliphatic heterocycles. The molecule has 0 radical (unpaired) electrons. The predicted octanol–water partition coefficient (Wildman–Crippen LogP) is 1.69. The summed E-state index contributed by atoms with van der Waals surface area (Å²) < 4.78 is 10.3. The Morgan fingerprint density at radius 1 is 1.40 bits per heavy atom. The molecule has 1 saturated carbocycles. The molecule has 15 heavy (non-hydrogen) atoms. The fourth-order valence-corrected chi connectivity index (χ4v) is 2.11. The minimum Gasteiger partial charge on any atom is -0.370 e. The minimum absolute atomic E-state index is 0.0204. The van der Waals surface area contributed by atoms with Gasteiger partial charge in [-0.2, -0.15) is 4.98 Å². The van der Waals surface area contributed by atoms with Crippen LogP contribution in [0.5, 0.6) is 0 Å². The minimum atomic E-state index is -0.441. The van der Waals surface area contributed by atoms with E-state index < -0.39 is 5.60 Å². The number of methoxy groups -OCH3 is 1. The maximum Gasteiger partial charge on any atom is 0.290 e. The molecule has 0 spiro atoms. The van der Waals surface area contributed by atoms with Crippen molar-refractivity contribution in [3.8, 4) is 0 Å². The number of hydrogen-bond acceptors (Lipinski definition) is 5. The molecule has 0 amide bonds. The first-order valence-electron chi connectivity index (χ1n) is 5.15. The Bertz CT molecular complexity index is 342. The highest BCUT2D eigenvalue weighted by atomic mass is 16.5. The van der Waals surface area contributed by atoms with Crippen molar-refractivity contribution in [1.82, 2.24) is 10.1 Å². The van der Waals surface area contributed by atoms with Crippen LogP contribution in [0.2, 0.25) is 0 Å². The van der Waals surface area contributed by atoms with Gasteiger partial charge in [-0.3, -0.25) is 4.79 Å². The third-order valence-electron chi connectivity index (χ3n) is 3.00. The third kappa shape index (κ3) is 1.79. The summed E-state index contributed by atoms with van der Waals surface area (Å²) in [5.41, 5.74) is -0.441. The summed E-state index contributed by atoms with van der Waals surface area (Å²) in [5.74, 6) is 0.527. The zero-order chi connectivity index (χ0) is 10.7. The quantitative estimate of drug-likeness (QED) is 0.710.